The summed E-state index contributed by atoms with van der Waals surface area (Å²) >= 11 is 5.73. The summed E-state index contributed by atoms with van der Waals surface area (Å²) < 4.78 is 26.6. The van der Waals surface area contributed by atoms with E-state index >= 15 is 0 Å². The zero-order valence-electron chi connectivity index (χ0n) is 12.6. The maximum atomic E-state index is 12.7. The van der Waals surface area contributed by atoms with E-state index in [1.54, 1.807) is 0 Å². The molecule has 1 aromatic rings. The van der Waals surface area contributed by atoms with Crippen molar-refractivity contribution in [3.63, 3.8) is 0 Å². The molecule has 0 bridgehead atoms. The fourth-order valence-corrected chi connectivity index (χ4v) is 4.41. The second-order valence-corrected chi connectivity index (χ2v) is 7.62. The predicted octanol–water partition coefficient (Wildman–Crippen LogP) is 2.29. The molecule has 0 saturated carbocycles. The van der Waals surface area contributed by atoms with Crippen LogP contribution < -0.4 is 5.32 Å². The largest absolute Gasteiger partial charge is 0.319 e. The van der Waals surface area contributed by atoms with E-state index in [9.17, 15) is 18.5 Å². The van der Waals surface area contributed by atoms with Crippen LogP contribution in [0.25, 0.3) is 0 Å². The van der Waals surface area contributed by atoms with Gasteiger partial charge in [-0.15, -0.1) is 12.4 Å². The minimum atomic E-state index is -3.88. The number of hydrogen-bond donors (Lipinski definition) is 1. The first-order valence-electron chi connectivity index (χ1n) is 6.95. The molecule has 1 N–H and O–H groups in total. The summed E-state index contributed by atoms with van der Waals surface area (Å²) in [6.45, 7) is 1.58. The lowest BCUT2D eigenvalue weighted by molar-refractivity contribution is -0.387. The first kappa shape index (κ1) is 20.1. The molecule has 130 valence electrons. The number of benzene rings is 1. The molecule has 1 aliphatic rings. The first-order chi connectivity index (χ1) is 10.4. The monoisotopic (exact) mass is 383 g/mol. The third-order valence-corrected chi connectivity index (χ3v) is 5.98. The zero-order valence-corrected chi connectivity index (χ0v) is 15.0. The molecule has 0 radical (unpaired) electrons. The van der Waals surface area contributed by atoms with Gasteiger partial charge in [0, 0.05) is 24.2 Å². The number of hydrogen-bond acceptors (Lipinski definition) is 5. The number of rotatable bonds is 5. The number of nitro groups is 1. The van der Waals surface area contributed by atoms with Crippen molar-refractivity contribution < 1.29 is 13.3 Å². The molecular formula is C13H19Cl2N3O4S. The van der Waals surface area contributed by atoms with E-state index in [0.717, 1.165) is 25.5 Å². The zero-order chi connectivity index (χ0) is 16.3. The van der Waals surface area contributed by atoms with Gasteiger partial charge in [-0.2, -0.15) is 4.31 Å². The van der Waals surface area contributed by atoms with E-state index in [0.29, 0.717) is 19.0 Å². The van der Waals surface area contributed by atoms with Crippen LogP contribution in [-0.2, 0) is 10.0 Å². The Balaban J connectivity index is 0.00000264. The first-order valence-corrected chi connectivity index (χ1v) is 8.76. The molecular weight excluding hydrogens is 365 g/mol. The quantitative estimate of drug-likeness (QED) is 0.621. The minimum absolute atomic E-state index is 0. The Morgan fingerprint density at radius 3 is 2.52 bits per heavy atom. The molecule has 1 aromatic carbocycles. The van der Waals surface area contributed by atoms with Gasteiger partial charge in [0.2, 0.25) is 10.0 Å². The molecule has 2 rings (SSSR count). The number of nitrogens with zero attached hydrogens (tertiary/aromatic N) is 2. The lowest BCUT2D eigenvalue weighted by Gasteiger charge is -2.30. The maximum absolute atomic E-state index is 12.7. The van der Waals surface area contributed by atoms with E-state index < -0.39 is 20.6 Å². The van der Waals surface area contributed by atoms with Crippen LogP contribution in [0, 0.1) is 16.0 Å². The Hall–Kier alpha value is -0.930. The number of halogens is 2. The summed E-state index contributed by atoms with van der Waals surface area (Å²) in [5, 5.41) is 14.3. The second kappa shape index (κ2) is 8.25. The van der Waals surface area contributed by atoms with Crippen molar-refractivity contribution in [3.05, 3.63) is 33.3 Å². The molecule has 0 aromatic heterocycles. The number of nitro benzene ring substituents is 1. The summed E-state index contributed by atoms with van der Waals surface area (Å²) in [7, 11) is -2.02. The summed E-state index contributed by atoms with van der Waals surface area (Å²) in [6.07, 6.45) is 1.48. The molecule has 7 nitrogen and oxygen atoms in total. The third kappa shape index (κ3) is 4.54. The Labute approximate surface area is 146 Å². The second-order valence-electron chi connectivity index (χ2n) is 5.27. The predicted molar refractivity (Wildman–Crippen MR) is 90.8 cm³/mol. The minimum Gasteiger partial charge on any atom is -0.319 e. The highest BCUT2D eigenvalue weighted by atomic mass is 35.5. The molecule has 1 fully saturated rings. The molecule has 0 aliphatic carbocycles. The molecule has 0 spiro atoms. The topological polar surface area (TPSA) is 92.6 Å². The highest BCUT2D eigenvalue weighted by Gasteiger charge is 2.34. The van der Waals surface area contributed by atoms with Crippen molar-refractivity contribution in [2.24, 2.45) is 5.92 Å². The van der Waals surface area contributed by atoms with Crippen molar-refractivity contribution in [1.29, 1.82) is 0 Å². The molecule has 10 heteroatoms. The van der Waals surface area contributed by atoms with Crippen LogP contribution in [-0.4, -0.2) is 44.3 Å². The van der Waals surface area contributed by atoms with Crippen molar-refractivity contribution in [1.82, 2.24) is 9.62 Å². The average molecular weight is 384 g/mol. The lowest BCUT2D eigenvalue weighted by atomic mass is 9.98. The molecule has 1 heterocycles. The van der Waals surface area contributed by atoms with Crippen LogP contribution in [0.1, 0.15) is 12.8 Å². The van der Waals surface area contributed by atoms with Gasteiger partial charge in [-0.1, -0.05) is 11.6 Å². The summed E-state index contributed by atoms with van der Waals surface area (Å²) in [6, 6.07) is 3.63. The summed E-state index contributed by atoms with van der Waals surface area (Å²) in [5.74, 6) is 0.427. The number of nitrogens with one attached hydrogen (secondary N) is 1. The maximum Gasteiger partial charge on any atom is 0.290 e. The van der Waals surface area contributed by atoms with Gasteiger partial charge in [-0.25, -0.2) is 8.42 Å². The van der Waals surface area contributed by atoms with Crippen LogP contribution in [0.5, 0.6) is 0 Å². The van der Waals surface area contributed by atoms with Gasteiger partial charge in [0.25, 0.3) is 5.69 Å². The highest BCUT2D eigenvalue weighted by molar-refractivity contribution is 7.89. The molecule has 0 amide bonds. The van der Waals surface area contributed by atoms with E-state index in [1.165, 1.54) is 16.4 Å². The van der Waals surface area contributed by atoms with Crippen molar-refractivity contribution in [2.75, 3.05) is 26.7 Å². The molecule has 0 unspecified atom stereocenters. The summed E-state index contributed by atoms with van der Waals surface area (Å²) in [4.78, 5) is 10.1. The average Bonchev–Trinajstić information content (AvgIpc) is 2.47. The van der Waals surface area contributed by atoms with Crippen molar-refractivity contribution in [3.8, 4) is 0 Å². The lowest BCUT2D eigenvalue weighted by Crippen LogP contribution is -2.40. The van der Waals surface area contributed by atoms with Gasteiger partial charge in [-0.3, -0.25) is 10.1 Å². The van der Waals surface area contributed by atoms with Crippen molar-refractivity contribution in [2.45, 2.75) is 17.7 Å². The summed E-state index contributed by atoms with van der Waals surface area (Å²) in [5.41, 5.74) is -0.482. The standard InChI is InChI=1S/C13H18ClN3O4S.ClH/c1-15-9-10-4-6-16(7-5-10)22(20,21)13-3-2-11(14)8-12(13)17(18)19;/h2-3,8,10,15H,4-7,9H2,1H3;1H. The van der Waals surface area contributed by atoms with E-state index in [-0.39, 0.29) is 22.3 Å². The van der Waals surface area contributed by atoms with E-state index in [2.05, 4.69) is 5.32 Å². The Bertz CT molecular complexity index is 661. The highest BCUT2D eigenvalue weighted by Crippen LogP contribution is 2.31. The van der Waals surface area contributed by atoms with Crippen LogP contribution in [0.15, 0.2) is 23.1 Å². The molecule has 23 heavy (non-hydrogen) atoms. The number of sulfonamides is 1. The van der Waals surface area contributed by atoms with Crippen LogP contribution in [0.3, 0.4) is 0 Å². The smallest absolute Gasteiger partial charge is 0.290 e. The third-order valence-electron chi connectivity index (χ3n) is 3.80. The Morgan fingerprint density at radius 2 is 2.00 bits per heavy atom. The van der Waals surface area contributed by atoms with Crippen LogP contribution in [0.4, 0.5) is 5.69 Å². The molecule has 0 atom stereocenters. The van der Waals surface area contributed by atoms with Gasteiger partial charge in [0.05, 0.1) is 4.92 Å². The fourth-order valence-electron chi connectivity index (χ4n) is 2.63. The van der Waals surface area contributed by atoms with E-state index in [4.69, 9.17) is 11.6 Å². The van der Waals surface area contributed by atoms with Gasteiger partial charge in [0.1, 0.15) is 0 Å². The Kier molecular flexibility index (Phi) is 7.22. The number of piperidine rings is 1. The normalized spacial score (nSPS) is 16.8. The Morgan fingerprint density at radius 1 is 1.39 bits per heavy atom. The van der Waals surface area contributed by atoms with Gasteiger partial charge in [-0.05, 0) is 44.5 Å². The molecule has 1 aliphatic heterocycles. The van der Waals surface area contributed by atoms with Crippen LogP contribution in [0.2, 0.25) is 5.02 Å². The van der Waals surface area contributed by atoms with E-state index in [1.807, 2.05) is 7.05 Å². The van der Waals surface area contributed by atoms with Crippen molar-refractivity contribution >= 4 is 39.7 Å². The van der Waals surface area contributed by atoms with Gasteiger partial charge >= 0.3 is 0 Å². The van der Waals surface area contributed by atoms with Gasteiger partial charge < -0.3 is 5.32 Å². The van der Waals surface area contributed by atoms with Crippen LogP contribution >= 0.6 is 24.0 Å². The molecule has 1 saturated heterocycles. The fraction of sp³-hybridized carbons (Fsp3) is 0.538. The SMILES string of the molecule is CNCC1CCN(S(=O)(=O)c2ccc(Cl)cc2[N+](=O)[O-])CC1.Cl. The van der Waals surface area contributed by atoms with Gasteiger partial charge in [0.15, 0.2) is 4.90 Å².